The molecule has 182 valence electrons. The van der Waals surface area contributed by atoms with Gasteiger partial charge in [-0.1, -0.05) is 45.0 Å². The average Bonchev–Trinajstić information content (AvgIpc) is 3.33. The lowest BCUT2D eigenvalue weighted by molar-refractivity contribution is -0.0769. The van der Waals surface area contributed by atoms with E-state index in [4.69, 9.17) is 9.15 Å². The van der Waals surface area contributed by atoms with Gasteiger partial charge in [0.05, 0.1) is 11.8 Å². The molecule has 0 aliphatic carbocycles. The van der Waals surface area contributed by atoms with Crippen LogP contribution < -0.4 is 5.32 Å². The fourth-order valence-corrected chi connectivity index (χ4v) is 5.07. The summed E-state index contributed by atoms with van der Waals surface area (Å²) in [6.45, 7) is 9.45. The van der Waals surface area contributed by atoms with Crippen molar-refractivity contribution < 1.29 is 14.3 Å². The van der Waals surface area contributed by atoms with Crippen molar-refractivity contribution in [3.05, 3.63) is 71.4 Å². The fourth-order valence-electron chi connectivity index (χ4n) is 5.07. The first-order valence-electron chi connectivity index (χ1n) is 11.9. The number of pyridine rings is 1. The van der Waals surface area contributed by atoms with Crippen molar-refractivity contribution in [2.75, 3.05) is 26.3 Å². The SMILES string of the molecule is CC(C)c1ccc([C@](O)(c2cncc(-c3ncc(C4CCOCC4)o3)c2)C2(C)CNC2)cc1.Cl. The minimum Gasteiger partial charge on any atom is -0.441 e. The van der Waals surface area contributed by atoms with Crippen molar-refractivity contribution in [2.45, 2.75) is 51.0 Å². The maximum Gasteiger partial charge on any atom is 0.227 e. The number of benzene rings is 1. The van der Waals surface area contributed by atoms with Crippen LogP contribution >= 0.6 is 12.4 Å². The summed E-state index contributed by atoms with van der Waals surface area (Å²) in [5.41, 5.74) is 2.13. The van der Waals surface area contributed by atoms with Gasteiger partial charge in [0.25, 0.3) is 0 Å². The molecular formula is C27H34ClN3O3. The van der Waals surface area contributed by atoms with Crippen LogP contribution in [-0.4, -0.2) is 41.4 Å². The third kappa shape index (κ3) is 4.29. The van der Waals surface area contributed by atoms with Gasteiger partial charge in [-0.25, -0.2) is 4.98 Å². The van der Waals surface area contributed by atoms with Crippen LogP contribution in [0.4, 0.5) is 0 Å². The van der Waals surface area contributed by atoms with Crippen molar-refractivity contribution in [1.29, 1.82) is 0 Å². The smallest absolute Gasteiger partial charge is 0.227 e. The summed E-state index contributed by atoms with van der Waals surface area (Å²) in [7, 11) is 0. The molecule has 0 unspecified atom stereocenters. The summed E-state index contributed by atoms with van der Waals surface area (Å²) in [5.74, 6) is 2.22. The molecule has 7 heteroatoms. The molecule has 0 amide bonds. The highest BCUT2D eigenvalue weighted by Crippen LogP contribution is 2.48. The number of nitrogens with one attached hydrogen (secondary N) is 1. The monoisotopic (exact) mass is 483 g/mol. The molecule has 5 rings (SSSR count). The second-order valence-corrected chi connectivity index (χ2v) is 10.1. The third-order valence-electron chi connectivity index (χ3n) is 7.45. The molecule has 2 fully saturated rings. The Labute approximate surface area is 207 Å². The van der Waals surface area contributed by atoms with Crippen LogP contribution in [-0.2, 0) is 10.3 Å². The van der Waals surface area contributed by atoms with Crippen molar-refractivity contribution in [3.8, 4) is 11.5 Å². The quantitative estimate of drug-likeness (QED) is 0.512. The molecule has 6 nitrogen and oxygen atoms in total. The number of ether oxygens (including phenoxy) is 1. The number of rotatable bonds is 6. The lowest BCUT2D eigenvalue weighted by Crippen LogP contribution is -2.63. The minimum atomic E-state index is -1.19. The van der Waals surface area contributed by atoms with E-state index >= 15 is 0 Å². The molecule has 3 aromatic rings. The average molecular weight is 484 g/mol. The minimum absolute atomic E-state index is 0. The zero-order valence-corrected chi connectivity index (χ0v) is 20.9. The highest BCUT2D eigenvalue weighted by atomic mass is 35.5. The van der Waals surface area contributed by atoms with Crippen LogP contribution in [0.15, 0.2) is 53.3 Å². The van der Waals surface area contributed by atoms with Gasteiger partial charge in [-0.3, -0.25) is 4.98 Å². The molecule has 0 bridgehead atoms. The first-order chi connectivity index (χ1) is 15.9. The first kappa shape index (κ1) is 24.9. The molecule has 2 aliphatic rings. The molecule has 34 heavy (non-hydrogen) atoms. The number of halogens is 1. The number of hydrogen-bond donors (Lipinski definition) is 2. The zero-order chi connectivity index (χ0) is 23.1. The Kier molecular flexibility index (Phi) is 7.15. The second kappa shape index (κ2) is 9.78. The Hall–Kier alpha value is -2.25. The van der Waals surface area contributed by atoms with Gasteiger partial charge >= 0.3 is 0 Å². The summed E-state index contributed by atoms with van der Waals surface area (Å²) in [6.07, 6.45) is 7.25. The molecule has 2 saturated heterocycles. The maximum atomic E-state index is 12.3. The Balaban J connectivity index is 0.00000274. The molecule has 0 spiro atoms. The van der Waals surface area contributed by atoms with Gasteiger partial charge in [-0.05, 0) is 36.0 Å². The van der Waals surface area contributed by atoms with E-state index in [2.05, 4.69) is 60.3 Å². The Morgan fingerprint density at radius 3 is 2.38 bits per heavy atom. The van der Waals surface area contributed by atoms with Gasteiger partial charge in [0, 0.05) is 55.6 Å². The van der Waals surface area contributed by atoms with Crippen molar-refractivity contribution in [2.24, 2.45) is 5.41 Å². The second-order valence-electron chi connectivity index (χ2n) is 10.1. The van der Waals surface area contributed by atoms with Gasteiger partial charge in [0.15, 0.2) is 0 Å². The first-order valence-corrected chi connectivity index (χ1v) is 11.9. The normalized spacial score (nSPS) is 19.8. The zero-order valence-electron chi connectivity index (χ0n) is 20.1. The molecule has 2 aliphatic heterocycles. The predicted octanol–water partition coefficient (Wildman–Crippen LogP) is 5.02. The Morgan fingerprint density at radius 1 is 1.06 bits per heavy atom. The number of oxazole rings is 1. The van der Waals surface area contributed by atoms with Crippen LogP contribution in [0, 0.1) is 5.41 Å². The van der Waals surface area contributed by atoms with E-state index < -0.39 is 5.60 Å². The molecule has 2 aromatic heterocycles. The molecule has 0 saturated carbocycles. The lowest BCUT2D eigenvalue weighted by Gasteiger charge is -2.52. The standard InChI is InChI=1S/C27H33N3O3.ClH/c1-18(2)19-4-6-22(7-5-19)27(31,26(3)16-29-17-26)23-12-21(13-28-14-23)25-30-15-24(33-25)20-8-10-32-11-9-20;/h4-7,12-15,18,20,29,31H,8-11,16-17H2,1-3H3;1H/t27-;/m0./s1. The predicted molar refractivity (Wildman–Crippen MR) is 134 cm³/mol. The largest absolute Gasteiger partial charge is 0.441 e. The van der Waals surface area contributed by atoms with E-state index in [1.165, 1.54) is 5.56 Å². The highest BCUT2D eigenvalue weighted by Gasteiger charge is 2.53. The van der Waals surface area contributed by atoms with E-state index in [-0.39, 0.29) is 17.8 Å². The van der Waals surface area contributed by atoms with Gasteiger partial charge in [0.1, 0.15) is 11.4 Å². The van der Waals surface area contributed by atoms with E-state index in [0.29, 0.717) is 17.7 Å². The molecule has 0 radical (unpaired) electrons. The van der Waals surface area contributed by atoms with E-state index in [1.54, 1.807) is 12.4 Å². The number of hydrogen-bond acceptors (Lipinski definition) is 6. The fraction of sp³-hybridized carbons (Fsp3) is 0.481. The van der Waals surface area contributed by atoms with Crippen molar-refractivity contribution in [3.63, 3.8) is 0 Å². The van der Waals surface area contributed by atoms with Crippen LogP contribution in [0.3, 0.4) is 0 Å². The maximum absolute atomic E-state index is 12.3. The van der Waals surface area contributed by atoms with Crippen LogP contribution in [0.1, 0.15) is 67.9 Å². The molecule has 1 atom stereocenters. The molecular weight excluding hydrogens is 450 g/mol. The Bertz CT molecular complexity index is 1100. The molecule has 4 heterocycles. The number of aliphatic hydroxyl groups is 1. The van der Waals surface area contributed by atoms with Crippen molar-refractivity contribution in [1.82, 2.24) is 15.3 Å². The third-order valence-corrected chi connectivity index (χ3v) is 7.45. The molecule has 1 aromatic carbocycles. The Morgan fingerprint density at radius 2 is 1.76 bits per heavy atom. The summed E-state index contributed by atoms with van der Waals surface area (Å²) < 4.78 is 11.6. The topological polar surface area (TPSA) is 80.4 Å². The van der Waals surface area contributed by atoms with Crippen LogP contribution in [0.25, 0.3) is 11.5 Å². The summed E-state index contributed by atoms with van der Waals surface area (Å²) in [5, 5.41) is 15.6. The van der Waals surface area contributed by atoms with Gasteiger partial charge in [0.2, 0.25) is 5.89 Å². The summed E-state index contributed by atoms with van der Waals surface area (Å²) in [6, 6.07) is 10.3. The van der Waals surface area contributed by atoms with Crippen LogP contribution in [0.2, 0.25) is 0 Å². The summed E-state index contributed by atoms with van der Waals surface area (Å²) in [4.78, 5) is 9.04. The van der Waals surface area contributed by atoms with Crippen molar-refractivity contribution >= 4 is 12.4 Å². The van der Waals surface area contributed by atoms with E-state index in [0.717, 1.165) is 61.6 Å². The highest BCUT2D eigenvalue weighted by molar-refractivity contribution is 5.85. The van der Waals surface area contributed by atoms with Gasteiger partial charge in [-0.15, -0.1) is 12.4 Å². The van der Waals surface area contributed by atoms with Gasteiger partial charge in [-0.2, -0.15) is 0 Å². The van der Waals surface area contributed by atoms with E-state index in [9.17, 15) is 5.11 Å². The van der Waals surface area contributed by atoms with Crippen LogP contribution in [0.5, 0.6) is 0 Å². The van der Waals surface area contributed by atoms with E-state index in [1.807, 2.05) is 12.3 Å². The number of aromatic nitrogens is 2. The molecule has 2 N–H and O–H groups in total. The van der Waals surface area contributed by atoms with Gasteiger partial charge < -0.3 is 19.6 Å². The number of nitrogens with zero attached hydrogens (tertiary/aromatic N) is 2. The summed E-state index contributed by atoms with van der Waals surface area (Å²) >= 11 is 0. The lowest BCUT2D eigenvalue weighted by atomic mass is 9.63.